The summed E-state index contributed by atoms with van der Waals surface area (Å²) in [5, 5.41) is 0. The van der Waals surface area contributed by atoms with Crippen molar-refractivity contribution in [1.29, 1.82) is 0 Å². The number of rotatable bonds is 3. The van der Waals surface area contributed by atoms with E-state index in [4.69, 9.17) is 12.2 Å². The Morgan fingerprint density at radius 1 is 1.39 bits per heavy atom. The summed E-state index contributed by atoms with van der Waals surface area (Å²) in [7, 11) is 0. The number of aromatic amines is 1. The third kappa shape index (κ3) is 3.00. The molecule has 0 saturated carbocycles. The first-order valence-electron chi connectivity index (χ1n) is 5.24. The normalized spacial score (nSPS) is 11.0. The molecule has 5 heteroatoms. The molecular formula is C13H10FNOS2. The summed E-state index contributed by atoms with van der Waals surface area (Å²) in [4.78, 5) is 15.4. The van der Waals surface area contributed by atoms with Crippen LogP contribution in [-0.2, 0) is 0 Å². The molecule has 0 atom stereocenters. The molecule has 0 saturated heterocycles. The molecule has 1 aromatic heterocycles. The minimum absolute atomic E-state index is 0.103. The van der Waals surface area contributed by atoms with E-state index in [-0.39, 0.29) is 11.6 Å². The van der Waals surface area contributed by atoms with Crippen LogP contribution in [0.3, 0.4) is 0 Å². The summed E-state index contributed by atoms with van der Waals surface area (Å²) in [5.74, 6) is -0.396. The van der Waals surface area contributed by atoms with Crippen LogP contribution >= 0.6 is 23.6 Å². The lowest BCUT2D eigenvalue weighted by Gasteiger charge is -1.93. The Labute approximate surface area is 113 Å². The number of halogens is 1. The largest absolute Gasteiger partial charge is 0.340 e. The number of hydrogen-bond donors (Lipinski definition) is 1. The summed E-state index contributed by atoms with van der Waals surface area (Å²) >= 11 is 6.24. The molecule has 2 aromatic rings. The number of H-pyrrole nitrogens is 1. The fourth-order valence-corrected chi connectivity index (χ4v) is 2.63. The van der Waals surface area contributed by atoms with Gasteiger partial charge in [0, 0.05) is 5.69 Å². The van der Waals surface area contributed by atoms with E-state index in [0.717, 1.165) is 11.3 Å². The van der Waals surface area contributed by atoms with E-state index in [1.165, 1.54) is 29.5 Å². The molecule has 0 fully saturated rings. The van der Waals surface area contributed by atoms with Crippen LogP contribution in [0.1, 0.15) is 20.9 Å². The molecule has 0 aliphatic carbocycles. The predicted molar refractivity (Wildman–Crippen MR) is 74.0 cm³/mol. The molecule has 18 heavy (non-hydrogen) atoms. The van der Waals surface area contributed by atoms with Gasteiger partial charge in [0.2, 0.25) is 0 Å². The minimum Gasteiger partial charge on any atom is -0.340 e. The Kier molecular flexibility index (Phi) is 3.84. The van der Waals surface area contributed by atoms with Gasteiger partial charge < -0.3 is 4.98 Å². The van der Waals surface area contributed by atoms with Gasteiger partial charge in [0.05, 0.1) is 4.88 Å². The Hall–Kier alpha value is -1.59. The summed E-state index contributed by atoms with van der Waals surface area (Å²) in [5.41, 5.74) is 1.56. The zero-order valence-electron chi connectivity index (χ0n) is 9.57. The van der Waals surface area contributed by atoms with E-state index in [1.807, 2.05) is 6.92 Å². The van der Waals surface area contributed by atoms with Crippen molar-refractivity contribution in [2.45, 2.75) is 6.92 Å². The highest BCUT2D eigenvalue weighted by Gasteiger charge is 2.08. The second-order valence-corrected chi connectivity index (χ2v) is 5.41. The number of carbonyl (C=O) groups is 1. The van der Waals surface area contributed by atoms with Gasteiger partial charge in [-0.25, -0.2) is 4.39 Å². The average molecular weight is 279 g/mol. The molecule has 1 aromatic carbocycles. The van der Waals surface area contributed by atoms with Crippen molar-refractivity contribution in [1.82, 2.24) is 4.98 Å². The van der Waals surface area contributed by atoms with Gasteiger partial charge >= 0.3 is 0 Å². The number of aryl methyl sites for hydroxylation is 1. The summed E-state index contributed by atoms with van der Waals surface area (Å²) in [6.07, 6.45) is 3.12. The summed E-state index contributed by atoms with van der Waals surface area (Å²) in [6, 6.07) is 5.95. The standard InChI is InChI=1S/C13H10FNOS2/c1-8-12(18-13(17)15-8)11(16)7-4-9-2-5-10(14)6-3-9/h2-7H,1H3,(H,15,17)/b7-4+. The van der Waals surface area contributed by atoms with Crippen LogP contribution in [-0.4, -0.2) is 10.8 Å². The number of ketones is 1. The molecule has 1 N–H and O–H groups in total. The van der Waals surface area contributed by atoms with E-state index < -0.39 is 0 Å². The van der Waals surface area contributed by atoms with Crippen molar-refractivity contribution in [2.24, 2.45) is 0 Å². The van der Waals surface area contributed by atoms with Gasteiger partial charge in [0.15, 0.2) is 9.74 Å². The predicted octanol–water partition coefficient (Wildman–Crippen LogP) is 4.15. The van der Waals surface area contributed by atoms with Crippen LogP contribution < -0.4 is 0 Å². The van der Waals surface area contributed by atoms with Crippen LogP contribution in [0.2, 0.25) is 0 Å². The summed E-state index contributed by atoms with van der Waals surface area (Å²) < 4.78 is 13.3. The summed E-state index contributed by atoms with van der Waals surface area (Å²) in [6.45, 7) is 1.81. The zero-order chi connectivity index (χ0) is 13.1. The molecule has 0 spiro atoms. The Bertz CT molecular complexity index is 652. The molecule has 0 aliphatic rings. The van der Waals surface area contributed by atoms with Gasteiger partial charge in [-0.3, -0.25) is 4.79 Å². The zero-order valence-corrected chi connectivity index (χ0v) is 11.2. The average Bonchev–Trinajstić information content (AvgIpc) is 2.67. The van der Waals surface area contributed by atoms with E-state index in [1.54, 1.807) is 18.2 Å². The number of benzene rings is 1. The lowest BCUT2D eigenvalue weighted by Crippen LogP contribution is -1.93. The molecule has 2 rings (SSSR count). The number of nitrogens with one attached hydrogen (secondary N) is 1. The molecule has 92 valence electrons. The molecule has 0 bridgehead atoms. The molecule has 0 unspecified atom stereocenters. The van der Waals surface area contributed by atoms with Crippen LogP contribution in [0.15, 0.2) is 30.3 Å². The van der Waals surface area contributed by atoms with E-state index in [2.05, 4.69) is 4.98 Å². The van der Waals surface area contributed by atoms with Crippen LogP contribution in [0, 0.1) is 16.7 Å². The van der Waals surface area contributed by atoms with Crippen molar-refractivity contribution in [3.63, 3.8) is 0 Å². The molecule has 2 nitrogen and oxygen atoms in total. The van der Waals surface area contributed by atoms with Gasteiger partial charge in [0.25, 0.3) is 0 Å². The fourth-order valence-electron chi connectivity index (χ4n) is 1.46. The highest BCUT2D eigenvalue weighted by atomic mass is 32.1. The number of carbonyl (C=O) groups excluding carboxylic acids is 1. The molecule has 0 aliphatic heterocycles. The highest BCUT2D eigenvalue weighted by Crippen LogP contribution is 2.16. The maximum absolute atomic E-state index is 12.7. The maximum atomic E-state index is 12.7. The van der Waals surface area contributed by atoms with E-state index in [9.17, 15) is 9.18 Å². The Morgan fingerprint density at radius 3 is 2.61 bits per heavy atom. The maximum Gasteiger partial charge on any atom is 0.197 e. The molecular weight excluding hydrogens is 269 g/mol. The number of allylic oxidation sites excluding steroid dienone is 1. The van der Waals surface area contributed by atoms with Crippen molar-refractivity contribution in [3.8, 4) is 0 Å². The quantitative estimate of drug-likeness (QED) is 0.520. The second-order valence-electron chi connectivity index (χ2n) is 3.72. The second kappa shape index (κ2) is 5.37. The van der Waals surface area contributed by atoms with Crippen LogP contribution in [0.4, 0.5) is 4.39 Å². The van der Waals surface area contributed by atoms with E-state index >= 15 is 0 Å². The number of aromatic nitrogens is 1. The Balaban J connectivity index is 2.19. The number of hydrogen-bond acceptors (Lipinski definition) is 3. The van der Waals surface area contributed by atoms with Crippen LogP contribution in [0.5, 0.6) is 0 Å². The molecule has 1 heterocycles. The minimum atomic E-state index is -0.294. The SMILES string of the molecule is Cc1[nH]c(=S)sc1C(=O)/C=C/c1ccc(F)cc1. The molecule has 0 radical (unpaired) electrons. The van der Waals surface area contributed by atoms with Crippen molar-refractivity contribution in [2.75, 3.05) is 0 Å². The van der Waals surface area contributed by atoms with Gasteiger partial charge in [-0.1, -0.05) is 18.2 Å². The van der Waals surface area contributed by atoms with Gasteiger partial charge in [0.1, 0.15) is 5.82 Å². The van der Waals surface area contributed by atoms with Gasteiger partial charge in [-0.15, -0.1) is 11.3 Å². The number of thiazole rings is 1. The first-order valence-corrected chi connectivity index (χ1v) is 6.46. The lowest BCUT2D eigenvalue weighted by molar-refractivity contribution is 0.105. The van der Waals surface area contributed by atoms with Gasteiger partial charge in [-0.2, -0.15) is 0 Å². The van der Waals surface area contributed by atoms with Crippen molar-refractivity contribution >= 4 is 35.4 Å². The first-order chi connectivity index (χ1) is 8.56. The monoisotopic (exact) mass is 279 g/mol. The topological polar surface area (TPSA) is 32.9 Å². The third-order valence-corrected chi connectivity index (χ3v) is 3.70. The van der Waals surface area contributed by atoms with E-state index in [0.29, 0.717) is 8.83 Å². The highest BCUT2D eigenvalue weighted by molar-refractivity contribution is 7.73. The third-order valence-electron chi connectivity index (χ3n) is 2.35. The first kappa shape index (κ1) is 12.9. The molecule has 0 amide bonds. The van der Waals surface area contributed by atoms with Crippen LogP contribution in [0.25, 0.3) is 6.08 Å². The lowest BCUT2D eigenvalue weighted by atomic mass is 10.2. The Morgan fingerprint density at radius 2 is 2.06 bits per heavy atom. The van der Waals surface area contributed by atoms with Crippen molar-refractivity contribution in [3.05, 3.63) is 56.2 Å². The van der Waals surface area contributed by atoms with Crippen molar-refractivity contribution < 1.29 is 9.18 Å². The smallest absolute Gasteiger partial charge is 0.197 e. The van der Waals surface area contributed by atoms with Gasteiger partial charge in [-0.05, 0) is 42.9 Å². The fraction of sp³-hybridized carbons (Fsp3) is 0.0769.